The second-order valence-electron chi connectivity index (χ2n) is 4.32. The summed E-state index contributed by atoms with van der Waals surface area (Å²) in [4.78, 5) is 11.0. The van der Waals surface area contributed by atoms with Gasteiger partial charge < -0.3 is 20.9 Å². The van der Waals surface area contributed by atoms with Gasteiger partial charge >= 0.3 is 0 Å². The van der Waals surface area contributed by atoms with Crippen LogP contribution in [0.15, 0.2) is 18.2 Å². The number of primary amides is 1. The molecule has 0 saturated carbocycles. The van der Waals surface area contributed by atoms with Crippen molar-refractivity contribution in [2.24, 2.45) is 11.5 Å². The number of benzene rings is 1. The Labute approximate surface area is 107 Å². The fraction of sp³-hybridized carbons (Fsp3) is 0.462. The lowest BCUT2D eigenvalue weighted by molar-refractivity contribution is -0.124. The molecule has 2 unspecified atom stereocenters. The summed E-state index contributed by atoms with van der Waals surface area (Å²) in [5.74, 6) is 0.734. The van der Waals surface area contributed by atoms with E-state index >= 15 is 0 Å². The molecular weight excluding hydrogens is 232 g/mol. The van der Waals surface area contributed by atoms with Crippen molar-refractivity contribution in [3.63, 3.8) is 0 Å². The quantitative estimate of drug-likeness (QED) is 0.785. The van der Waals surface area contributed by atoms with Gasteiger partial charge in [-0.3, -0.25) is 4.79 Å². The summed E-state index contributed by atoms with van der Waals surface area (Å²) < 4.78 is 10.7. The maximum absolute atomic E-state index is 11.0. The summed E-state index contributed by atoms with van der Waals surface area (Å²) in [5, 5.41) is 0. The van der Waals surface area contributed by atoms with Crippen molar-refractivity contribution in [2.45, 2.75) is 32.4 Å². The summed E-state index contributed by atoms with van der Waals surface area (Å²) in [5.41, 5.74) is 11.9. The summed E-state index contributed by atoms with van der Waals surface area (Å²) in [6.45, 7) is 3.52. The Kier molecular flexibility index (Phi) is 4.97. The average molecular weight is 252 g/mol. The van der Waals surface area contributed by atoms with Crippen molar-refractivity contribution in [1.29, 1.82) is 0 Å². The van der Waals surface area contributed by atoms with Gasteiger partial charge in [0.15, 0.2) is 6.10 Å². The molecule has 5 heteroatoms. The predicted octanol–water partition coefficient (Wildman–Crippen LogP) is 0.837. The minimum absolute atomic E-state index is 0.00429. The molecular formula is C13H20N2O3. The minimum Gasteiger partial charge on any atom is -0.497 e. The van der Waals surface area contributed by atoms with E-state index in [1.807, 2.05) is 19.1 Å². The van der Waals surface area contributed by atoms with Gasteiger partial charge in [0, 0.05) is 12.1 Å². The number of hydrogen-bond acceptors (Lipinski definition) is 4. The normalized spacial score (nSPS) is 13.8. The second kappa shape index (κ2) is 6.26. The van der Waals surface area contributed by atoms with E-state index < -0.39 is 12.0 Å². The van der Waals surface area contributed by atoms with Crippen LogP contribution in [0.5, 0.6) is 11.5 Å². The number of hydrogen-bond donors (Lipinski definition) is 2. The Morgan fingerprint density at radius 2 is 2.06 bits per heavy atom. The molecule has 1 aromatic rings. The number of ether oxygens (including phenoxy) is 2. The van der Waals surface area contributed by atoms with Gasteiger partial charge in [-0.25, -0.2) is 0 Å². The monoisotopic (exact) mass is 252 g/mol. The maximum atomic E-state index is 11.0. The largest absolute Gasteiger partial charge is 0.497 e. The van der Waals surface area contributed by atoms with Gasteiger partial charge in [-0.2, -0.15) is 0 Å². The second-order valence-corrected chi connectivity index (χ2v) is 4.32. The smallest absolute Gasteiger partial charge is 0.258 e. The van der Waals surface area contributed by atoms with Gasteiger partial charge in [0.2, 0.25) is 0 Å². The molecule has 1 rings (SSSR count). The summed E-state index contributed by atoms with van der Waals surface area (Å²) >= 11 is 0. The first-order valence-corrected chi connectivity index (χ1v) is 5.82. The Bertz CT molecular complexity index is 419. The highest BCUT2D eigenvalue weighted by molar-refractivity contribution is 5.78. The molecule has 5 nitrogen and oxygen atoms in total. The van der Waals surface area contributed by atoms with Gasteiger partial charge in [0.1, 0.15) is 11.5 Å². The van der Waals surface area contributed by atoms with Crippen LogP contribution in [-0.2, 0) is 11.2 Å². The van der Waals surface area contributed by atoms with Crippen LogP contribution in [0, 0.1) is 0 Å². The maximum Gasteiger partial charge on any atom is 0.258 e. The first kappa shape index (κ1) is 14.3. The fourth-order valence-corrected chi connectivity index (χ4v) is 1.54. The Morgan fingerprint density at radius 1 is 1.39 bits per heavy atom. The van der Waals surface area contributed by atoms with E-state index in [1.165, 1.54) is 0 Å². The van der Waals surface area contributed by atoms with Crippen molar-refractivity contribution in [1.82, 2.24) is 0 Å². The third kappa shape index (κ3) is 3.92. The third-order valence-electron chi connectivity index (χ3n) is 2.52. The zero-order valence-electron chi connectivity index (χ0n) is 11.0. The molecule has 0 spiro atoms. The van der Waals surface area contributed by atoms with E-state index in [-0.39, 0.29) is 6.04 Å². The van der Waals surface area contributed by atoms with Crippen LogP contribution in [0.2, 0.25) is 0 Å². The van der Waals surface area contributed by atoms with Gasteiger partial charge in [0.25, 0.3) is 5.91 Å². The van der Waals surface area contributed by atoms with Crippen molar-refractivity contribution in [3.8, 4) is 11.5 Å². The molecule has 1 amide bonds. The molecule has 2 atom stereocenters. The van der Waals surface area contributed by atoms with Crippen LogP contribution in [0.25, 0.3) is 0 Å². The molecule has 0 bridgehead atoms. The predicted molar refractivity (Wildman–Crippen MR) is 69.6 cm³/mol. The molecule has 0 aliphatic carbocycles. The lowest BCUT2D eigenvalue weighted by Crippen LogP contribution is -2.31. The Morgan fingerprint density at radius 3 is 2.56 bits per heavy atom. The molecule has 0 aliphatic heterocycles. The molecule has 4 N–H and O–H groups in total. The lowest BCUT2D eigenvalue weighted by Gasteiger charge is -2.17. The van der Waals surface area contributed by atoms with Gasteiger partial charge in [-0.05, 0) is 31.9 Å². The third-order valence-corrected chi connectivity index (χ3v) is 2.52. The molecule has 0 heterocycles. The van der Waals surface area contributed by atoms with E-state index in [2.05, 4.69) is 0 Å². The molecule has 1 aromatic carbocycles. The first-order valence-electron chi connectivity index (χ1n) is 5.82. The van der Waals surface area contributed by atoms with E-state index in [0.717, 1.165) is 5.56 Å². The highest BCUT2D eigenvalue weighted by Crippen LogP contribution is 2.26. The number of amides is 1. The molecule has 100 valence electrons. The van der Waals surface area contributed by atoms with Crippen molar-refractivity contribution < 1.29 is 14.3 Å². The molecule has 0 aliphatic rings. The first-order chi connectivity index (χ1) is 8.43. The van der Waals surface area contributed by atoms with Crippen LogP contribution < -0.4 is 20.9 Å². The SMILES string of the molecule is COc1ccc(CC(C)N)c(OC(C)C(N)=O)c1. The van der Waals surface area contributed by atoms with E-state index in [0.29, 0.717) is 17.9 Å². The summed E-state index contributed by atoms with van der Waals surface area (Å²) in [6.07, 6.45) is -0.0333. The van der Waals surface area contributed by atoms with E-state index in [4.69, 9.17) is 20.9 Å². The van der Waals surface area contributed by atoms with Crippen molar-refractivity contribution in [2.75, 3.05) is 7.11 Å². The fourth-order valence-electron chi connectivity index (χ4n) is 1.54. The van der Waals surface area contributed by atoms with Gasteiger partial charge in [-0.15, -0.1) is 0 Å². The van der Waals surface area contributed by atoms with Gasteiger partial charge in [0.05, 0.1) is 7.11 Å². The average Bonchev–Trinajstić information content (AvgIpc) is 2.30. The minimum atomic E-state index is -0.691. The molecule has 0 radical (unpaired) electrons. The number of rotatable bonds is 6. The molecule has 0 aromatic heterocycles. The summed E-state index contributed by atoms with van der Waals surface area (Å²) in [7, 11) is 1.57. The van der Waals surface area contributed by atoms with Crippen molar-refractivity contribution in [3.05, 3.63) is 23.8 Å². The van der Waals surface area contributed by atoms with E-state index in [9.17, 15) is 4.79 Å². The standard InChI is InChI=1S/C13H20N2O3/c1-8(14)6-10-4-5-11(17-3)7-12(10)18-9(2)13(15)16/h4-5,7-9H,6,14H2,1-3H3,(H2,15,16). The van der Waals surface area contributed by atoms with Crippen LogP contribution in [0.4, 0.5) is 0 Å². The van der Waals surface area contributed by atoms with Crippen LogP contribution >= 0.6 is 0 Å². The van der Waals surface area contributed by atoms with Crippen LogP contribution in [0.3, 0.4) is 0 Å². The Balaban J connectivity index is 2.99. The zero-order valence-corrected chi connectivity index (χ0v) is 11.0. The lowest BCUT2D eigenvalue weighted by atomic mass is 10.1. The number of carbonyl (C=O) groups is 1. The van der Waals surface area contributed by atoms with Gasteiger partial charge in [-0.1, -0.05) is 6.07 Å². The molecule has 18 heavy (non-hydrogen) atoms. The number of nitrogens with two attached hydrogens (primary N) is 2. The number of carbonyl (C=O) groups excluding carboxylic acids is 1. The van der Waals surface area contributed by atoms with Crippen molar-refractivity contribution >= 4 is 5.91 Å². The topological polar surface area (TPSA) is 87.6 Å². The van der Waals surface area contributed by atoms with Crippen LogP contribution in [0.1, 0.15) is 19.4 Å². The summed E-state index contributed by atoms with van der Waals surface area (Å²) in [6, 6.07) is 5.45. The molecule has 0 saturated heterocycles. The number of methoxy groups -OCH3 is 1. The van der Waals surface area contributed by atoms with E-state index in [1.54, 1.807) is 20.1 Å². The molecule has 0 fully saturated rings. The van der Waals surface area contributed by atoms with Crippen LogP contribution in [-0.4, -0.2) is 25.2 Å². The highest BCUT2D eigenvalue weighted by Gasteiger charge is 2.14. The highest BCUT2D eigenvalue weighted by atomic mass is 16.5. The Hall–Kier alpha value is -1.75. The zero-order chi connectivity index (χ0) is 13.7.